The molecule has 43 heavy (non-hydrogen) atoms. The highest BCUT2D eigenvalue weighted by molar-refractivity contribution is 7.91. The van der Waals surface area contributed by atoms with Gasteiger partial charge in [-0.15, -0.1) is 0 Å². The number of nitrogens with one attached hydrogen (secondary N) is 3. The summed E-state index contributed by atoms with van der Waals surface area (Å²) < 4.78 is 88.5. The second-order valence-electron chi connectivity index (χ2n) is 9.26. The van der Waals surface area contributed by atoms with Gasteiger partial charge in [-0.3, -0.25) is 4.72 Å². The normalized spacial score (nSPS) is 14.8. The molecule has 0 radical (unpaired) electrons. The minimum absolute atomic E-state index is 0.188. The highest BCUT2D eigenvalue weighted by Crippen LogP contribution is 2.35. The molecule has 1 atom stereocenters. The molecule has 1 fully saturated rings. The molecule has 3 N–H and O–H groups in total. The van der Waals surface area contributed by atoms with E-state index in [1.165, 1.54) is 36.7 Å². The van der Waals surface area contributed by atoms with Crippen LogP contribution in [0.25, 0.3) is 11.3 Å². The first kappa shape index (κ1) is 31.9. The Morgan fingerprint density at radius 2 is 1.84 bits per heavy atom. The predicted molar refractivity (Wildman–Crippen MR) is 156 cm³/mol. The first-order valence-corrected chi connectivity index (χ1v) is 15.0. The lowest BCUT2D eigenvalue weighted by atomic mass is 10.1. The van der Waals surface area contributed by atoms with Gasteiger partial charge in [-0.2, -0.15) is 4.39 Å². The molecule has 15 heteroatoms. The van der Waals surface area contributed by atoms with Crippen LogP contribution in [0, 0.1) is 17.5 Å². The maximum atomic E-state index is 14.8. The number of rotatable bonds is 8. The molecule has 1 unspecified atom stereocenters. The third kappa shape index (κ3) is 8.75. The second-order valence-corrected chi connectivity index (χ2v) is 11.4. The molecular weight excluding hydrogens is 612 g/mol. The van der Waals surface area contributed by atoms with Gasteiger partial charge < -0.3 is 15.4 Å². The number of nitrogens with zero attached hydrogens (tertiary/aromatic N) is 3. The number of hydrogen-bond acceptors (Lipinski definition) is 8. The minimum atomic E-state index is -4.30. The van der Waals surface area contributed by atoms with E-state index < -0.39 is 50.8 Å². The van der Waals surface area contributed by atoms with E-state index in [0.29, 0.717) is 40.4 Å². The average Bonchev–Trinajstić information content (AvgIpc) is 3.00. The van der Waals surface area contributed by atoms with Gasteiger partial charge in [0.25, 0.3) is 0 Å². The number of benzene rings is 2. The van der Waals surface area contributed by atoms with Gasteiger partial charge in [0.15, 0.2) is 17.4 Å². The Bertz CT molecular complexity index is 1660. The summed E-state index contributed by atoms with van der Waals surface area (Å²) in [6.45, 7) is 1.57. The molecule has 1 aliphatic heterocycles. The largest absolute Gasteiger partial charge is 0.435 e. The van der Waals surface area contributed by atoms with Gasteiger partial charge >= 0.3 is 0 Å². The lowest BCUT2D eigenvalue weighted by molar-refractivity contribution is 0.266. The molecule has 1 aliphatic rings. The van der Waals surface area contributed by atoms with E-state index in [9.17, 15) is 26.0 Å². The van der Waals surface area contributed by atoms with E-state index >= 15 is 0 Å². The van der Waals surface area contributed by atoms with Crippen LogP contribution in [0.5, 0.6) is 11.6 Å². The molecule has 9 nitrogen and oxygen atoms in total. The highest BCUT2D eigenvalue weighted by Gasteiger charge is 2.25. The summed E-state index contributed by atoms with van der Waals surface area (Å²) in [7, 11) is -2.68. The molecule has 4 aromatic rings. The van der Waals surface area contributed by atoms with Crippen LogP contribution in [0.15, 0.2) is 60.9 Å². The van der Waals surface area contributed by atoms with E-state index in [-0.39, 0.29) is 5.88 Å². The maximum absolute atomic E-state index is 14.8. The number of halogens is 5. The van der Waals surface area contributed by atoms with Crippen molar-refractivity contribution in [1.82, 2.24) is 20.3 Å². The molecular formula is C28H27ClF4N6O3S. The van der Waals surface area contributed by atoms with Crippen molar-refractivity contribution < 1.29 is 30.7 Å². The van der Waals surface area contributed by atoms with Gasteiger partial charge in [-0.05, 0) is 55.3 Å². The Balaban J connectivity index is 0.000000530. The van der Waals surface area contributed by atoms with E-state index in [2.05, 4.69) is 25.6 Å². The van der Waals surface area contributed by atoms with E-state index in [1.807, 2.05) is 0 Å². The number of sulfonamides is 1. The van der Waals surface area contributed by atoms with Crippen molar-refractivity contribution in [3.8, 4) is 22.9 Å². The lowest BCUT2D eigenvalue weighted by Crippen LogP contribution is -2.30. The topological polar surface area (TPSA) is 118 Å². The Kier molecular flexibility index (Phi) is 10.7. The molecule has 2 aromatic carbocycles. The summed E-state index contributed by atoms with van der Waals surface area (Å²) in [5.74, 6) is -6.13. The van der Waals surface area contributed by atoms with Gasteiger partial charge in [-0.1, -0.05) is 23.7 Å². The van der Waals surface area contributed by atoms with Gasteiger partial charge in [0.05, 0.1) is 17.0 Å². The fourth-order valence-electron chi connectivity index (χ4n) is 3.94. The van der Waals surface area contributed by atoms with Crippen LogP contribution < -0.4 is 20.1 Å². The average molecular weight is 639 g/mol. The van der Waals surface area contributed by atoms with Gasteiger partial charge in [-0.25, -0.2) is 36.5 Å². The van der Waals surface area contributed by atoms with Crippen LogP contribution in [0.4, 0.5) is 29.2 Å². The van der Waals surface area contributed by atoms with Crippen molar-refractivity contribution in [2.24, 2.45) is 0 Å². The molecule has 3 heterocycles. The zero-order valence-electron chi connectivity index (χ0n) is 22.8. The third-order valence-electron chi connectivity index (χ3n) is 6.02. The fourth-order valence-corrected chi connectivity index (χ4v) is 5.27. The van der Waals surface area contributed by atoms with E-state index in [1.54, 1.807) is 30.0 Å². The highest BCUT2D eigenvalue weighted by atomic mass is 35.5. The molecule has 228 valence electrons. The first-order valence-electron chi connectivity index (χ1n) is 13.0. The Labute approximate surface area is 250 Å². The fraction of sp³-hybridized carbons (Fsp3) is 0.250. The minimum Gasteiger partial charge on any atom is -0.435 e. The molecule has 5 rings (SSSR count). The standard InChI is InChI=1S/C23H17ClF3N5O3S.C5H10FN/c1-28-23-30-10-8-17(31-23)15-3-2-9-29-22(15)35-18-11-16(25)21(20(27)19(18)26)32-36(33,34)12-13-4-6-14(24)7-5-13;6-5-2-1-3-7-4-5/h2-11,32H,12H2,1H3,(H,28,30,31);5,7H,1-4H2. The van der Waals surface area contributed by atoms with Gasteiger partial charge in [0, 0.05) is 37.1 Å². The summed E-state index contributed by atoms with van der Waals surface area (Å²) in [6.07, 6.45) is 3.99. The van der Waals surface area contributed by atoms with Crippen LogP contribution >= 0.6 is 11.6 Å². The molecule has 0 amide bonds. The van der Waals surface area contributed by atoms with Crippen LogP contribution in [0.3, 0.4) is 0 Å². The second kappa shape index (κ2) is 14.4. The van der Waals surface area contributed by atoms with Crippen molar-refractivity contribution in [2.45, 2.75) is 24.8 Å². The van der Waals surface area contributed by atoms with Crippen molar-refractivity contribution in [3.63, 3.8) is 0 Å². The molecule has 1 saturated heterocycles. The summed E-state index contributed by atoms with van der Waals surface area (Å²) >= 11 is 5.77. The number of anilines is 2. The van der Waals surface area contributed by atoms with Crippen LogP contribution in [0.2, 0.25) is 5.02 Å². The van der Waals surface area contributed by atoms with Crippen molar-refractivity contribution in [3.05, 3.63) is 89.0 Å². The number of alkyl halides is 1. The molecule has 0 aliphatic carbocycles. The molecule has 0 spiro atoms. The number of ether oxygens (including phenoxy) is 1. The monoisotopic (exact) mass is 638 g/mol. The first-order chi connectivity index (χ1) is 20.6. The summed E-state index contributed by atoms with van der Waals surface area (Å²) in [5.41, 5.74) is -0.221. The summed E-state index contributed by atoms with van der Waals surface area (Å²) in [4.78, 5) is 12.3. The lowest BCUT2D eigenvalue weighted by Gasteiger charge is -2.14. The van der Waals surface area contributed by atoms with E-state index in [0.717, 1.165) is 19.4 Å². The zero-order chi connectivity index (χ0) is 31.0. The number of piperidine rings is 1. The van der Waals surface area contributed by atoms with Crippen LogP contribution in [-0.2, 0) is 15.8 Å². The van der Waals surface area contributed by atoms with Gasteiger partial charge in [0.2, 0.25) is 27.7 Å². The smallest absolute Gasteiger partial charge is 0.237 e. The Morgan fingerprint density at radius 1 is 1.07 bits per heavy atom. The van der Waals surface area contributed by atoms with Crippen molar-refractivity contribution in [2.75, 3.05) is 30.2 Å². The summed E-state index contributed by atoms with van der Waals surface area (Å²) in [5, 5.41) is 6.11. The van der Waals surface area contributed by atoms with Crippen molar-refractivity contribution in [1.29, 1.82) is 0 Å². The Morgan fingerprint density at radius 3 is 2.49 bits per heavy atom. The van der Waals surface area contributed by atoms with Gasteiger partial charge in [0.1, 0.15) is 11.9 Å². The molecule has 0 bridgehead atoms. The quantitative estimate of drug-likeness (QED) is 0.157. The van der Waals surface area contributed by atoms with Crippen LogP contribution in [-0.4, -0.2) is 49.7 Å². The summed E-state index contributed by atoms with van der Waals surface area (Å²) in [6, 6.07) is 11.0. The number of hydrogen-bond donors (Lipinski definition) is 3. The van der Waals surface area contributed by atoms with Crippen LogP contribution in [0.1, 0.15) is 18.4 Å². The predicted octanol–water partition coefficient (Wildman–Crippen LogP) is 6.09. The number of aromatic nitrogens is 3. The molecule has 2 aromatic heterocycles. The Hall–Kier alpha value is -4.01. The maximum Gasteiger partial charge on any atom is 0.237 e. The number of pyridine rings is 1. The van der Waals surface area contributed by atoms with E-state index in [4.69, 9.17) is 16.3 Å². The molecule has 0 saturated carbocycles. The zero-order valence-corrected chi connectivity index (χ0v) is 24.3. The third-order valence-corrected chi connectivity index (χ3v) is 7.50. The SMILES string of the molecule is CNc1nccc(-c2cccnc2Oc2cc(F)c(NS(=O)(=O)Cc3ccc(Cl)cc3)c(F)c2F)n1.FC1CCCNC1. The van der Waals surface area contributed by atoms with Crippen molar-refractivity contribution >= 4 is 33.3 Å².